The van der Waals surface area contributed by atoms with Gasteiger partial charge in [0, 0.05) is 12.5 Å². The first-order chi connectivity index (χ1) is 18.2. The molecule has 6 rings (SSSR count). The molecule has 2 amide bonds. The summed E-state index contributed by atoms with van der Waals surface area (Å²) in [6.45, 7) is 1.05. The fraction of sp³-hybridized carbons (Fsp3) is 0.276. The van der Waals surface area contributed by atoms with Crippen molar-refractivity contribution in [3.63, 3.8) is 0 Å². The lowest BCUT2D eigenvalue weighted by atomic mass is 9.87. The maximum atomic E-state index is 13.2. The van der Waals surface area contributed by atoms with Crippen LogP contribution in [0.25, 0.3) is 0 Å². The Kier molecular flexibility index (Phi) is 6.22. The van der Waals surface area contributed by atoms with E-state index in [4.69, 9.17) is 13.6 Å². The predicted molar refractivity (Wildman–Crippen MR) is 134 cm³/mol. The number of hydrogen-bond acceptors (Lipinski definition) is 6. The molecule has 0 radical (unpaired) electrons. The summed E-state index contributed by atoms with van der Waals surface area (Å²) in [4.78, 5) is 31.8. The van der Waals surface area contributed by atoms with Crippen LogP contribution >= 0.6 is 0 Å². The van der Waals surface area contributed by atoms with Crippen molar-refractivity contribution in [2.45, 2.75) is 38.5 Å². The average molecular weight is 498 g/mol. The van der Waals surface area contributed by atoms with Gasteiger partial charge < -0.3 is 23.8 Å². The van der Waals surface area contributed by atoms with E-state index in [0.717, 1.165) is 30.4 Å². The van der Waals surface area contributed by atoms with Gasteiger partial charge in [0.15, 0.2) is 12.3 Å². The van der Waals surface area contributed by atoms with E-state index < -0.39 is 0 Å². The number of carbonyl (C=O) groups is 2. The van der Waals surface area contributed by atoms with Crippen LogP contribution in [0.15, 0.2) is 82.0 Å². The van der Waals surface area contributed by atoms with Crippen LogP contribution in [-0.2, 0) is 24.4 Å². The summed E-state index contributed by atoms with van der Waals surface area (Å²) >= 11 is 0. The van der Waals surface area contributed by atoms with E-state index in [0.29, 0.717) is 23.9 Å². The third kappa shape index (κ3) is 5.00. The zero-order chi connectivity index (χ0) is 25.2. The molecule has 188 valence electrons. The first kappa shape index (κ1) is 23.1. The van der Waals surface area contributed by atoms with Crippen LogP contribution in [-0.4, -0.2) is 28.2 Å². The van der Waals surface area contributed by atoms with Crippen LogP contribution < -0.4 is 10.1 Å². The van der Waals surface area contributed by atoms with Crippen molar-refractivity contribution in [1.29, 1.82) is 0 Å². The lowest BCUT2D eigenvalue weighted by Crippen LogP contribution is -2.41. The molecular formula is C29H27N3O5. The number of aromatic nitrogens is 1. The van der Waals surface area contributed by atoms with Crippen molar-refractivity contribution in [3.05, 3.63) is 107 Å². The number of fused-ring (bicyclic) bond motifs is 1. The molecule has 37 heavy (non-hydrogen) atoms. The zero-order valence-corrected chi connectivity index (χ0v) is 20.3. The first-order valence-corrected chi connectivity index (χ1v) is 12.5. The molecule has 1 aliphatic heterocycles. The van der Waals surface area contributed by atoms with Gasteiger partial charge in [0.1, 0.15) is 17.8 Å². The molecule has 1 N–H and O–H groups in total. The van der Waals surface area contributed by atoms with Crippen LogP contribution in [0.4, 0.5) is 0 Å². The van der Waals surface area contributed by atoms with Crippen LogP contribution in [0, 0.1) is 5.92 Å². The summed E-state index contributed by atoms with van der Waals surface area (Å²) in [7, 11) is 0. The van der Waals surface area contributed by atoms with E-state index in [1.807, 2.05) is 35.2 Å². The minimum atomic E-state index is -0.355. The smallest absolute Gasteiger partial charge is 0.273 e. The SMILES string of the molecule is O=C(NCc1ccco1)c1coc(COc2ccc3c(c2)[C@H](c2ccccc2)N(C(=O)C2CC2)CC3)n1. The zero-order valence-electron chi connectivity index (χ0n) is 20.3. The number of carbonyl (C=O) groups excluding carboxylic acids is 2. The van der Waals surface area contributed by atoms with Crippen molar-refractivity contribution in [3.8, 4) is 5.75 Å². The number of ether oxygens (including phenoxy) is 1. The molecule has 2 aromatic heterocycles. The second-order valence-corrected chi connectivity index (χ2v) is 9.41. The number of oxazole rings is 1. The van der Waals surface area contributed by atoms with E-state index in [-0.39, 0.29) is 42.6 Å². The molecule has 0 bridgehead atoms. The molecule has 1 saturated carbocycles. The fourth-order valence-electron chi connectivity index (χ4n) is 4.78. The molecule has 0 spiro atoms. The van der Waals surface area contributed by atoms with Gasteiger partial charge in [-0.3, -0.25) is 9.59 Å². The van der Waals surface area contributed by atoms with Crippen molar-refractivity contribution >= 4 is 11.8 Å². The topological polar surface area (TPSA) is 97.8 Å². The monoisotopic (exact) mass is 497 g/mol. The number of nitrogens with one attached hydrogen (secondary N) is 1. The molecule has 8 nitrogen and oxygen atoms in total. The summed E-state index contributed by atoms with van der Waals surface area (Å²) in [6, 6.07) is 19.6. The number of amides is 2. The van der Waals surface area contributed by atoms with Gasteiger partial charge in [0.2, 0.25) is 11.8 Å². The van der Waals surface area contributed by atoms with Gasteiger partial charge in [-0.15, -0.1) is 0 Å². The second kappa shape index (κ2) is 9.97. The molecule has 2 aromatic carbocycles. The number of nitrogens with zero attached hydrogens (tertiary/aromatic N) is 2. The van der Waals surface area contributed by atoms with Gasteiger partial charge in [-0.05, 0) is 60.2 Å². The Morgan fingerprint density at radius 1 is 1.05 bits per heavy atom. The Labute approximate surface area is 214 Å². The molecule has 0 unspecified atom stereocenters. The molecule has 3 heterocycles. The highest BCUT2D eigenvalue weighted by atomic mass is 16.5. The van der Waals surface area contributed by atoms with E-state index >= 15 is 0 Å². The summed E-state index contributed by atoms with van der Waals surface area (Å²) < 4.78 is 16.7. The second-order valence-electron chi connectivity index (χ2n) is 9.41. The Bertz CT molecular complexity index is 1390. The van der Waals surface area contributed by atoms with E-state index in [1.165, 1.54) is 11.8 Å². The molecule has 4 aromatic rings. The van der Waals surface area contributed by atoms with Gasteiger partial charge in [0.25, 0.3) is 5.91 Å². The summed E-state index contributed by atoms with van der Waals surface area (Å²) in [5.41, 5.74) is 3.56. The van der Waals surface area contributed by atoms with Gasteiger partial charge in [-0.1, -0.05) is 36.4 Å². The van der Waals surface area contributed by atoms with E-state index in [2.05, 4.69) is 28.5 Å². The van der Waals surface area contributed by atoms with Gasteiger partial charge >= 0.3 is 0 Å². The third-order valence-electron chi connectivity index (χ3n) is 6.82. The first-order valence-electron chi connectivity index (χ1n) is 12.5. The molecule has 0 saturated heterocycles. The Morgan fingerprint density at radius 2 is 1.92 bits per heavy atom. The van der Waals surface area contributed by atoms with Crippen LogP contribution in [0.3, 0.4) is 0 Å². The van der Waals surface area contributed by atoms with Crippen molar-refractivity contribution < 1.29 is 23.2 Å². The highest BCUT2D eigenvalue weighted by molar-refractivity contribution is 5.91. The normalized spacial score (nSPS) is 16.8. The summed E-state index contributed by atoms with van der Waals surface area (Å²) in [5.74, 6) is 1.64. The minimum absolute atomic E-state index is 0.0744. The number of hydrogen-bond donors (Lipinski definition) is 1. The quantitative estimate of drug-likeness (QED) is 0.380. The number of rotatable bonds is 8. The maximum absolute atomic E-state index is 13.2. The molecule has 2 aliphatic rings. The number of benzene rings is 2. The van der Waals surface area contributed by atoms with Gasteiger partial charge in [-0.25, -0.2) is 4.98 Å². The lowest BCUT2D eigenvalue weighted by molar-refractivity contribution is -0.134. The van der Waals surface area contributed by atoms with Crippen molar-refractivity contribution in [1.82, 2.24) is 15.2 Å². The molecular weight excluding hydrogens is 470 g/mol. The van der Waals surface area contributed by atoms with Crippen LogP contribution in [0.1, 0.15) is 57.7 Å². The fourth-order valence-corrected chi connectivity index (χ4v) is 4.78. The maximum Gasteiger partial charge on any atom is 0.273 e. The molecule has 1 aliphatic carbocycles. The van der Waals surface area contributed by atoms with Crippen molar-refractivity contribution in [2.24, 2.45) is 5.92 Å². The Morgan fingerprint density at radius 3 is 2.70 bits per heavy atom. The van der Waals surface area contributed by atoms with Crippen LogP contribution in [0.5, 0.6) is 5.75 Å². The largest absolute Gasteiger partial charge is 0.484 e. The Balaban J connectivity index is 1.17. The van der Waals surface area contributed by atoms with Gasteiger partial charge in [0.05, 0.1) is 18.8 Å². The summed E-state index contributed by atoms with van der Waals surface area (Å²) in [5, 5.41) is 2.74. The molecule has 1 atom stereocenters. The number of furan rings is 1. The Hall–Kier alpha value is -4.33. The summed E-state index contributed by atoms with van der Waals surface area (Å²) in [6.07, 6.45) is 5.64. The van der Waals surface area contributed by atoms with Crippen molar-refractivity contribution in [2.75, 3.05) is 6.54 Å². The van der Waals surface area contributed by atoms with Crippen LogP contribution in [0.2, 0.25) is 0 Å². The average Bonchev–Trinajstić information content (AvgIpc) is 3.44. The third-order valence-corrected chi connectivity index (χ3v) is 6.82. The van der Waals surface area contributed by atoms with Gasteiger partial charge in [-0.2, -0.15) is 0 Å². The highest BCUT2D eigenvalue weighted by Crippen LogP contribution is 2.41. The highest BCUT2D eigenvalue weighted by Gasteiger charge is 2.39. The molecule has 1 fully saturated rings. The molecule has 8 heteroatoms. The minimum Gasteiger partial charge on any atom is -0.484 e. The lowest BCUT2D eigenvalue weighted by Gasteiger charge is -2.38. The predicted octanol–water partition coefficient (Wildman–Crippen LogP) is 4.66. The standard InChI is InChI=1S/C29H27N3O5/c33-28(30-16-23-7-4-14-35-23)25-17-37-26(31-25)18-36-22-11-10-19-12-13-32(29(34)21-8-9-21)27(24(19)15-22)20-5-2-1-3-6-20/h1-7,10-11,14-15,17,21,27H,8-9,12-13,16,18H2,(H,30,33)/t27-/m0/s1. The van der Waals surface area contributed by atoms with E-state index in [9.17, 15) is 9.59 Å². The van der Waals surface area contributed by atoms with E-state index in [1.54, 1.807) is 18.4 Å².